The van der Waals surface area contributed by atoms with Crippen LogP contribution in [0.1, 0.15) is 22.1 Å². The quantitative estimate of drug-likeness (QED) is 0.184. The first-order valence-electron chi connectivity index (χ1n) is 9.75. The molecule has 31 heavy (non-hydrogen) atoms. The van der Waals surface area contributed by atoms with Crippen molar-refractivity contribution >= 4 is 52.2 Å². The molecular formula is C21H25FIN7S. The van der Waals surface area contributed by atoms with Crippen LogP contribution in [-0.4, -0.2) is 32.3 Å². The molecule has 0 aliphatic heterocycles. The van der Waals surface area contributed by atoms with Crippen molar-refractivity contribution in [1.29, 1.82) is 0 Å². The minimum absolute atomic E-state index is 0. The smallest absolute Gasteiger partial charge is 0.192 e. The summed E-state index contributed by atoms with van der Waals surface area (Å²) in [5.74, 6) is 2.13. The normalized spacial score (nSPS) is 11.5. The Hall–Kier alpha value is -2.47. The van der Waals surface area contributed by atoms with Gasteiger partial charge in [-0.25, -0.2) is 9.38 Å². The molecule has 4 aromatic rings. The van der Waals surface area contributed by atoms with Crippen LogP contribution in [0.15, 0.2) is 46.9 Å². The Bertz CT molecular complexity index is 1150. The molecule has 0 amide bonds. The molecule has 3 aromatic heterocycles. The van der Waals surface area contributed by atoms with E-state index in [2.05, 4.69) is 42.3 Å². The summed E-state index contributed by atoms with van der Waals surface area (Å²) >= 11 is 1.70. The number of hydrogen-bond donors (Lipinski definition) is 3. The van der Waals surface area contributed by atoms with Crippen molar-refractivity contribution in [3.8, 4) is 0 Å². The van der Waals surface area contributed by atoms with E-state index in [-0.39, 0.29) is 29.8 Å². The van der Waals surface area contributed by atoms with E-state index in [9.17, 15) is 4.39 Å². The number of aromatic nitrogens is 4. The first-order chi connectivity index (χ1) is 14.6. The summed E-state index contributed by atoms with van der Waals surface area (Å²) in [7, 11) is 1.93. The van der Waals surface area contributed by atoms with E-state index in [0.29, 0.717) is 25.6 Å². The Morgan fingerprint density at radius 3 is 2.87 bits per heavy atom. The molecule has 1 aromatic carbocycles. The van der Waals surface area contributed by atoms with Gasteiger partial charge in [0.05, 0.1) is 6.54 Å². The highest BCUT2D eigenvalue weighted by molar-refractivity contribution is 14.0. The van der Waals surface area contributed by atoms with Gasteiger partial charge in [-0.1, -0.05) is 6.07 Å². The molecule has 0 unspecified atom stereocenters. The lowest BCUT2D eigenvalue weighted by Gasteiger charge is -2.12. The zero-order valence-electron chi connectivity index (χ0n) is 17.4. The number of halogens is 2. The van der Waals surface area contributed by atoms with Gasteiger partial charge in [0.1, 0.15) is 18.2 Å². The Labute approximate surface area is 201 Å². The monoisotopic (exact) mass is 553 g/mol. The number of rotatable bonds is 7. The lowest BCUT2D eigenvalue weighted by atomic mass is 10.1. The van der Waals surface area contributed by atoms with Crippen molar-refractivity contribution in [2.24, 2.45) is 12.0 Å². The minimum atomic E-state index is -0.227. The van der Waals surface area contributed by atoms with Gasteiger partial charge in [0.25, 0.3) is 0 Å². The maximum atomic E-state index is 13.6. The molecule has 3 N–H and O–H groups in total. The van der Waals surface area contributed by atoms with Crippen molar-refractivity contribution in [3.05, 3.63) is 69.8 Å². The molecule has 0 atom stereocenters. The lowest BCUT2D eigenvalue weighted by Crippen LogP contribution is -2.38. The van der Waals surface area contributed by atoms with E-state index in [0.717, 1.165) is 34.5 Å². The fourth-order valence-corrected chi connectivity index (χ4v) is 3.81. The highest BCUT2D eigenvalue weighted by Crippen LogP contribution is 2.19. The number of H-pyrrole nitrogens is 1. The van der Waals surface area contributed by atoms with Gasteiger partial charge in [0.15, 0.2) is 11.8 Å². The van der Waals surface area contributed by atoms with Gasteiger partial charge in [-0.3, -0.25) is 0 Å². The van der Waals surface area contributed by atoms with E-state index < -0.39 is 0 Å². The fraction of sp³-hybridized carbons (Fsp3) is 0.286. The number of aliphatic imine (C=N–C) groups is 1. The fourth-order valence-electron chi connectivity index (χ4n) is 3.17. The van der Waals surface area contributed by atoms with Crippen molar-refractivity contribution in [2.45, 2.75) is 26.4 Å². The maximum absolute atomic E-state index is 13.6. The second-order valence-electron chi connectivity index (χ2n) is 7.00. The molecular weight excluding hydrogens is 528 g/mol. The number of nitrogens with one attached hydrogen (secondary N) is 3. The number of aryl methyl sites for hydroxylation is 1. The third-order valence-corrected chi connectivity index (χ3v) is 5.86. The first-order valence-corrected chi connectivity index (χ1v) is 10.6. The number of thiophene rings is 1. The highest BCUT2D eigenvalue weighted by atomic mass is 127. The van der Waals surface area contributed by atoms with Crippen LogP contribution in [0.3, 0.4) is 0 Å². The van der Waals surface area contributed by atoms with Crippen molar-refractivity contribution < 1.29 is 4.39 Å². The Morgan fingerprint density at radius 1 is 1.26 bits per heavy atom. The third kappa shape index (κ3) is 5.82. The SMILES string of the molecule is Cc1nnc(CN=C(NCCc2c[nH]c3ccc(F)cc23)NCc2cccs2)n1C.I. The number of nitrogens with zero attached hydrogens (tertiary/aromatic N) is 4. The van der Waals surface area contributed by atoms with Crippen molar-refractivity contribution in [2.75, 3.05) is 6.54 Å². The van der Waals surface area contributed by atoms with E-state index in [4.69, 9.17) is 0 Å². The van der Waals surface area contributed by atoms with Crippen LogP contribution in [0.5, 0.6) is 0 Å². The number of benzene rings is 1. The van der Waals surface area contributed by atoms with E-state index in [1.165, 1.54) is 10.9 Å². The van der Waals surface area contributed by atoms with Crippen LogP contribution in [0.4, 0.5) is 4.39 Å². The van der Waals surface area contributed by atoms with Crippen LogP contribution in [0.25, 0.3) is 10.9 Å². The summed E-state index contributed by atoms with van der Waals surface area (Å²) in [5, 5.41) is 18.0. The second-order valence-corrected chi connectivity index (χ2v) is 8.03. The van der Waals surface area contributed by atoms with Gasteiger partial charge in [0.2, 0.25) is 0 Å². The lowest BCUT2D eigenvalue weighted by molar-refractivity contribution is 0.629. The molecule has 0 spiro atoms. The molecule has 0 fully saturated rings. The Kier molecular flexibility index (Phi) is 8.02. The number of aromatic amines is 1. The van der Waals surface area contributed by atoms with Gasteiger partial charge >= 0.3 is 0 Å². The van der Waals surface area contributed by atoms with Crippen LogP contribution in [-0.2, 0) is 26.6 Å². The summed E-state index contributed by atoms with van der Waals surface area (Å²) in [4.78, 5) is 9.09. The molecule has 7 nitrogen and oxygen atoms in total. The van der Waals surface area contributed by atoms with E-state index in [1.54, 1.807) is 23.5 Å². The minimum Gasteiger partial charge on any atom is -0.361 e. The van der Waals surface area contributed by atoms with E-state index >= 15 is 0 Å². The standard InChI is InChI=1S/C21H24FN7S.HI/c1-14-27-28-20(29(14)2)13-26-21(25-12-17-4-3-9-30-17)23-8-7-15-11-24-19-6-5-16(22)10-18(15)19;/h3-6,9-11,24H,7-8,12-13H2,1-2H3,(H2,23,25,26);1H. The predicted molar refractivity (Wildman–Crippen MR) is 133 cm³/mol. The molecule has 0 aliphatic rings. The average Bonchev–Trinajstić information content (AvgIpc) is 3.47. The molecule has 4 rings (SSSR count). The van der Waals surface area contributed by atoms with Gasteiger partial charge in [-0.15, -0.1) is 45.5 Å². The molecule has 0 bridgehead atoms. The van der Waals surface area contributed by atoms with Crippen LogP contribution in [0.2, 0.25) is 0 Å². The third-order valence-electron chi connectivity index (χ3n) is 4.99. The zero-order valence-corrected chi connectivity index (χ0v) is 20.5. The molecule has 0 saturated carbocycles. The van der Waals surface area contributed by atoms with Gasteiger partial charge in [0, 0.05) is 35.6 Å². The summed E-state index contributed by atoms with van der Waals surface area (Å²) in [5.41, 5.74) is 2.01. The molecule has 0 saturated heterocycles. The number of hydrogen-bond acceptors (Lipinski definition) is 4. The van der Waals surface area contributed by atoms with Crippen molar-refractivity contribution in [3.63, 3.8) is 0 Å². The van der Waals surface area contributed by atoms with E-state index in [1.807, 2.05) is 30.8 Å². The second kappa shape index (κ2) is 10.7. The summed E-state index contributed by atoms with van der Waals surface area (Å²) in [6.45, 7) is 3.70. The number of guanidine groups is 1. The Morgan fingerprint density at radius 2 is 2.13 bits per heavy atom. The summed E-state index contributed by atoms with van der Waals surface area (Å²) in [6, 6.07) is 8.92. The van der Waals surface area contributed by atoms with Gasteiger partial charge < -0.3 is 20.2 Å². The summed E-state index contributed by atoms with van der Waals surface area (Å²) < 4.78 is 15.5. The topological polar surface area (TPSA) is 82.9 Å². The predicted octanol–water partition coefficient (Wildman–Crippen LogP) is 3.90. The molecule has 3 heterocycles. The van der Waals surface area contributed by atoms with Crippen molar-refractivity contribution in [1.82, 2.24) is 30.4 Å². The molecule has 10 heteroatoms. The van der Waals surface area contributed by atoms with Crippen LogP contribution in [0, 0.1) is 12.7 Å². The van der Waals surface area contributed by atoms with Gasteiger partial charge in [-0.05, 0) is 48.6 Å². The van der Waals surface area contributed by atoms with Crippen LogP contribution >= 0.6 is 35.3 Å². The average molecular weight is 553 g/mol. The molecule has 0 radical (unpaired) electrons. The Balaban J connectivity index is 0.00000272. The zero-order chi connectivity index (χ0) is 20.9. The van der Waals surface area contributed by atoms with Crippen LogP contribution < -0.4 is 10.6 Å². The highest BCUT2D eigenvalue weighted by Gasteiger charge is 2.08. The van der Waals surface area contributed by atoms with Gasteiger partial charge in [-0.2, -0.15) is 0 Å². The first kappa shape index (κ1) is 23.2. The maximum Gasteiger partial charge on any atom is 0.192 e. The largest absolute Gasteiger partial charge is 0.361 e. The molecule has 164 valence electrons. The molecule has 0 aliphatic carbocycles. The summed E-state index contributed by atoms with van der Waals surface area (Å²) in [6.07, 6.45) is 2.68. The number of fused-ring (bicyclic) bond motifs is 1.